The van der Waals surface area contributed by atoms with Gasteiger partial charge in [0.15, 0.2) is 5.65 Å². The molecule has 0 spiro atoms. The van der Waals surface area contributed by atoms with Crippen LogP contribution in [-0.4, -0.2) is 26.1 Å². The van der Waals surface area contributed by atoms with Crippen LogP contribution in [0.2, 0.25) is 0 Å². The SMILES string of the molecule is CCn1c(=O)[nH]c(=O)c2[nH]c(C3CCCN3)nc21. The van der Waals surface area contributed by atoms with E-state index in [4.69, 9.17) is 0 Å². The summed E-state index contributed by atoms with van der Waals surface area (Å²) < 4.78 is 1.46. The highest BCUT2D eigenvalue weighted by atomic mass is 16.2. The third kappa shape index (κ3) is 1.59. The van der Waals surface area contributed by atoms with Gasteiger partial charge in [-0.3, -0.25) is 14.3 Å². The summed E-state index contributed by atoms with van der Waals surface area (Å²) >= 11 is 0. The maximum absolute atomic E-state index is 11.7. The van der Waals surface area contributed by atoms with Gasteiger partial charge in [-0.15, -0.1) is 0 Å². The summed E-state index contributed by atoms with van der Waals surface area (Å²) in [4.78, 5) is 33.1. The van der Waals surface area contributed by atoms with E-state index in [2.05, 4.69) is 20.3 Å². The summed E-state index contributed by atoms with van der Waals surface area (Å²) in [7, 11) is 0. The molecule has 1 unspecified atom stereocenters. The van der Waals surface area contributed by atoms with Crippen LogP contribution < -0.4 is 16.6 Å². The van der Waals surface area contributed by atoms with E-state index in [0.29, 0.717) is 17.7 Å². The molecular weight excluding hydrogens is 234 g/mol. The van der Waals surface area contributed by atoms with E-state index in [-0.39, 0.29) is 6.04 Å². The van der Waals surface area contributed by atoms with Crippen LogP contribution in [-0.2, 0) is 6.54 Å². The van der Waals surface area contributed by atoms with Crippen LogP contribution in [0.4, 0.5) is 0 Å². The molecule has 0 amide bonds. The topological polar surface area (TPSA) is 95.6 Å². The Morgan fingerprint density at radius 3 is 2.89 bits per heavy atom. The van der Waals surface area contributed by atoms with Gasteiger partial charge in [0.25, 0.3) is 5.56 Å². The second kappa shape index (κ2) is 4.09. The summed E-state index contributed by atoms with van der Waals surface area (Å²) in [5, 5.41) is 3.31. The third-order valence-electron chi connectivity index (χ3n) is 3.36. The lowest BCUT2D eigenvalue weighted by Crippen LogP contribution is -2.29. The van der Waals surface area contributed by atoms with Crippen molar-refractivity contribution in [3.63, 3.8) is 0 Å². The summed E-state index contributed by atoms with van der Waals surface area (Å²) in [5.41, 5.74) is -0.000946. The quantitative estimate of drug-likeness (QED) is 0.690. The Kier molecular flexibility index (Phi) is 2.55. The number of imidazole rings is 1. The van der Waals surface area contributed by atoms with Crippen LogP contribution in [0.3, 0.4) is 0 Å². The molecule has 2 aromatic rings. The Hall–Kier alpha value is -1.89. The minimum Gasteiger partial charge on any atom is -0.335 e. The summed E-state index contributed by atoms with van der Waals surface area (Å²) in [6.07, 6.45) is 2.09. The van der Waals surface area contributed by atoms with Gasteiger partial charge in [0.1, 0.15) is 11.3 Å². The lowest BCUT2D eigenvalue weighted by molar-refractivity contribution is 0.613. The zero-order valence-corrected chi connectivity index (χ0v) is 10.1. The van der Waals surface area contributed by atoms with Crippen LogP contribution in [0, 0.1) is 0 Å². The Labute approximate surface area is 102 Å². The molecule has 7 nitrogen and oxygen atoms in total. The first-order chi connectivity index (χ1) is 8.70. The third-order valence-corrected chi connectivity index (χ3v) is 3.36. The molecule has 7 heteroatoms. The Morgan fingerprint density at radius 1 is 1.39 bits per heavy atom. The van der Waals surface area contributed by atoms with Crippen molar-refractivity contribution in [2.24, 2.45) is 0 Å². The number of hydrogen-bond donors (Lipinski definition) is 3. The van der Waals surface area contributed by atoms with Gasteiger partial charge in [-0.25, -0.2) is 9.78 Å². The van der Waals surface area contributed by atoms with Crippen molar-refractivity contribution in [1.82, 2.24) is 24.8 Å². The highest BCUT2D eigenvalue weighted by Gasteiger charge is 2.21. The number of aryl methyl sites for hydroxylation is 1. The van der Waals surface area contributed by atoms with E-state index in [1.54, 1.807) is 0 Å². The second-order valence-electron chi connectivity index (χ2n) is 4.47. The molecule has 1 aliphatic rings. The fourth-order valence-corrected chi connectivity index (χ4v) is 2.44. The van der Waals surface area contributed by atoms with Crippen LogP contribution in [0.15, 0.2) is 9.59 Å². The molecule has 96 valence electrons. The normalized spacial score (nSPS) is 19.7. The number of nitrogens with one attached hydrogen (secondary N) is 3. The molecule has 3 heterocycles. The van der Waals surface area contributed by atoms with Gasteiger partial charge < -0.3 is 10.3 Å². The molecule has 2 aromatic heterocycles. The molecule has 0 aromatic carbocycles. The molecule has 1 atom stereocenters. The van der Waals surface area contributed by atoms with Crippen LogP contribution >= 0.6 is 0 Å². The summed E-state index contributed by atoms with van der Waals surface area (Å²) in [5.74, 6) is 0.737. The first-order valence-corrected chi connectivity index (χ1v) is 6.17. The lowest BCUT2D eigenvalue weighted by atomic mass is 10.2. The fraction of sp³-hybridized carbons (Fsp3) is 0.545. The molecule has 1 saturated heterocycles. The van der Waals surface area contributed by atoms with Crippen LogP contribution in [0.25, 0.3) is 11.2 Å². The van der Waals surface area contributed by atoms with Gasteiger partial charge in [0.05, 0.1) is 6.04 Å². The second-order valence-corrected chi connectivity index (χ2v) is 4.47. The van der Waals surface area contributed by atoms with E-state index in [0.717, 1.165) is 25.2 Å². The lowest BCUT2D eigenvalue weighted by Gasteiger charge is -2.04. The highest BCUT2D eigenvalue weighted by molar-refractivity contribution is 5.69. The van der Waals surface area contributed by atoms with Gasteiger partial charge in [0.2, 0.25) is 0 Å². The predicted octanol–water partition coefficient (Wildman–Crippen LogP) is -0.143. The maximum atomic E-state index is 11.7. The standard InChI is InChI=1S/C11H15N5O2/c1-2-16-9-7(10(17)15-11(16)18)13-8(14-9)6-4-3-5-12-6/h6,12H,2-5H2,1H3,(H,13,14)(H,15,17,18). The molecule has 0 aliphatic carbocycles. The van der Waals surface area contributed by atoms with Gasteiger partial charge >= 0.3 is 5.69 Å². The van der Waals surface area contributed by atoms with Gasteiger partial charge in [0, 0.05) is 6.54 Å². The average Bonchev–Trinajstić information content (AvgIpc) is 2.97. The number of H-pyrrole nitrogens is 2. The Bertz CT molecular complexity index is 690. The number of aromatic amines is 2. The first-order valence-electron chi connectivity index (χ1n) is 6.17. The van der Waals surface area contributed by atoms with Crippen LogP contribution in [0.1, 0.15) is 31.6 Å². The van der Waals surface area contributed by atoms with Crippen LogP contribution in [0.5, 0.6) is 0 Å². The Balaban J connectivity index is 2.24. The molecule has 1 fully saturated rings. The van der Waals surface area contributed by atoms with Crippen molar-refractivity contribution in [3.05, 3.63) is 26.7 Å². The number of aromatic nitrogens is 4. The molecule has 18 heavy (non-hydrogen) atoms. The van der Waals surface area contributed by atoms with Crippen molar-refractivity contribution in [2.45, 2.75) is 32.4 Å². The van der Waals surface area contributed by atoms with E-state index < -0.39 is 11.2 Å². The summed E-state index contributed by atoms with van der Waals surface area (Å²) in [6.45, 7) is 3.29. The van der Waals surface area contributed by atoms with Crippen molar-refractivity contribution < 1.29 is 0 Å². The molecule has 0 saturated carbocycles. The van der Waals surface area contributed by atoms with Crippen molar-refractivity contribution in [1.29, 1.82) is 0 Å². The average molecular weight is 249 g/mol. The molecule has 0 bridgehead atoms. The summed E-state index contributed by atoms with van der Waals surface area (Å²) in [6, 6.07) is 0.150. The minimum atomic E-state index is -0.410. The molecule has 0 radical (unpaired) electrons. The largest absolute Gasteiger partial charge is 0.335 e. The number of rotatable bonds is 2. The molecule has 1 aliphatic heterocycles. The first kappa shape index (κ1) is 11.2. The number of fused-ring (bicyclic) bond motifs is 1. The van der Waals surface area contributed by atoms with Gasteiger partial charge in [-0.1, -0.05) is 0 Å². The number of nitrogens with zero attached hydrogens (tertiary/aromatic N) is 2. The molecule has 3 rings (SSSR count). The molecular formula is C11H15N5O2. The number of hydrogen-bond acceptors (Lipinski definition) is 4. The van der Waals surface area contributed by atoms with E-state index >= 15 is 0 Å². The van der Waals surface area contributed by atoms with Crippen molar-refractivity contribution >= 4 is 11.2 Å². The fourth-order valence-electron chi connectivity index (χ4n) is 2.44. The minimum absolute atomic E-state index is 0.150. The monoisotopic (exact) mass is 249 g/mol. The highest BCUT2D eigenvalue weighted by Crippen LogP contribution is 2.21. The van der Waals surface area contributed by atoms with E-state index in [9.17, 15) is 9.59 Å². The van der Waals surface area contributed by atoms with Gasteiger partial charge in [-0.05, 0) is 26.3 Å². The smallest absolute Gasteiger partial charge is 0.330 e. The van der Waals surface area contributed by atoms with Crippen molar-refractivity contribution in [2.75, 3.05) is 6.54 Å². The van der Waals surface area contributed by atoms with E-state index in [1.807, 2.05) is 6.92 Å². The zero-order chi connectivity index (χ0) is 12.7. The van der Waals surface area contributed by atoms with E-state index in [1.165, 1.54) is 4.57 Å². The maximum Gasteiger partial charge on any atom is 0.330 e. The zero-order valence-electron chi connectivity index (χ0n) is 10.1. The molecule has 3 N–H and O–H groups in total. The Morgan fingerprint density at radius 2 is 2.22 bits per heavy atom. The van der Waals surface area contributed by atoms with Gasteiger partial charge in [-0.2, -0.15) is 0 Å². The predicted molar refractivity (Wildman–Crippen MR) is 66.6 cm³/mol. The van der Waals surface area contributed by atoms with Crippen molar-refractivity contribution in [3.8, 4) is 0 Å².